The third kappa shape index (κ3) is 3.40. The van der Waals surface area contributed by atoms with Gasteiger partial charge in [0.25, 0.3) is 0 Å². The zero-order chi connectivity index (χ0) is 15.3. The maximum absolute atomic E-state index is 12.6. The Morgan fingerprint density at radius 1 is 1.40 bits per heavy atom. The highest BCUT2D eigenvalue weighted by Gasteiger charge is 2.47. The molecule has 20 heavy (non-hydrogen) atoms. The predicted octanol–water partition coefficient (Wildman–Crippen LogP) is 0.276. The van der Waals surface area contributed by atoms with E-state index in [0.29, 0.717) is 12.8 Å². The summed E-state index contributed by atoms with van der Waals surface area (Å²) < 4.78 is 0. The molecule has 0 aliphatic heterocycles. The van der Waals surface area contributed by atoms with Crippen LogP contribution in [0.1, 0.15) is 39.5 Å². The standard InChI is InChI=1S/C13H24N4O3/c1-9(2)15-10(18)8-17(3)12(19)13(11(14)16-20)6-4-5-7-13/h9,20H,4-8H2,1-3H3,(H2,14,16)(H,15,18). The molecule has 0 spiro atoms. The quantitative estimate of drug-likeness (QED) is 0.291. The van der Waals surface area contributed by atoms with E-state index in [1.54, 1.807) is 7.05 Å². The Hall–Kier alpha value is -1.79. The van der Waals surface area contributed by atoms with Crippen LogP contribution < -0.4 is 11.1 Å². The van der Waals surface area contributed by atoms with Gasteiger partial charge in [0, 0.05) is 13.1 Å². The van der Waals surface area contributed by atoms with Gasteiger partial charge in [0.15, 0.2) is 5.84 Å². The molecule has 1 fully saturated rings. The summed E-state index contributed by atoms with van der Waals surface area (Å²) >= 11 is 0. The van der Waals surface area contributed by atoms with E-state index in [2.05, 4.69) is 10.5 Å². The van der Waals surface area contributed by atoms with Crippen molar-refractivity contribution >= 4 is 17.6 Å². The van der Waals surface area contributed by atoms with E-state index in [1.165, 1.54) is 4.90 Å². The molecular formula is C13H24N4O3. The van der Waals surface area contributed by atoms with Crippen LogP contribution in [0.2, 0.25) is 0 Å². The van der Waals surface area contributed by atoms with Gasteiger partial charge in [0.05, 0.1) is 6.54 Å². The molecule has 2 amide bonds. The Kier molecular flexibility index (Phi) is 5.35. The van der Waals surface area contributed by atoms with E-state index in [1.807, 2.05) is 13.8 Å². The van der Waals surface area contributed by atoms with Crippen LogP contribution in [0.4, 0.5) is 0 Å². The van der Waals surface area contributed by atoms with Crippen molar-refractivity contribution in [1.29, 1.82) is 0 Å². The van der Waals surface area contributed by atoms with Crippen LogP contribution in [0.15, 0.2) is 5.16 Å². The van der Waals surface area contributed by atoms with Gasteiger partial charge in [-0.15, -0.1) is 0 Å². The number of hydrogen-bond donors (Lipinski definition) is 3. The highest BCUT2D eigenvalue weighted by molar-refractivity contribution is 6.07. The van der Waals surface area contributed by atoms with Crippen molar-refractivity contribution in [3.63, 3.8) is 0 Å². The molecule has 0 unspecified atom stereocenters. The number of carbonyl (C=O) groups is 2. The van der Waals surface area contributed by atoms with Crippen molar-refractivity contribution in [2.45, 2.75) is 45.6 Å². The maximum atomic E-state index is 12.6. The zero-order valence-electron chi connectivity index (χ0n) is 12.3. The molecule has 7 heteroatoms. The van der Waals surface area contributed by atoms with E-state index >= 15 is 0 Å². The van der Waals surface area contributed by atoms with Crippen LogP contribution in [0.5, 0.6) is 0 Å². The number of oxime groups is 1. The second-order valence-corrected chi connectivity index (χ2v) is 5.66. The van der Waals surface area contributed by atoms with E-state index in [9.17, 15) is 9.59 Å². The van der Waals surface area contributed by atoms with Gasteiger partial charge < -0.3 is 21.2 Å². The largest absolute Gasteiger partial charge is 0.409 e. The third-order valence-corrected chi connectivity index (χ3v) is 3.64. The molecule has 0 bridgehead atoms. The van der Waals surface area contributed by atoms with Gasteiger partial charge in [0.1, 0.15) is 5.41 Å². The number of nitrogens with one attached hydrogen (secondary N) is 1. The molecule has 0 saturated heterocycles. The topological polar surface area (TPSA) is 108 Å². The Balaban J connectivity index is 2.78. The van der Waals surface area contributed by atoms with Gasteiger partial charge >= 0.3 is 0 Å². The zero-order valence-corrected chi connectivity index (χ0v) is 12.3. The first kappa shape index (κ1) is 16.3. The Morgan fingerprint density at radius 3 is 2.40 bits per heavy atom. The molecule has 1 aliphatic rings. The average Bonchev–Trinajstić information content (AvgIpc) is 2.86. The second kappa shape index (κ2) is 6.58. The minimum absolute atomic E-state index is 0.0236. The molecule has 0 heterocycles. The highest BCUT2D eigenvalue weighted by Crippen LogP contribution is 2.39. The van der Waals surface area contributed by atoms with Crippen molar-refractivity contribution in [3.05, 3.63) is 0 Å². The molecule has 1 saturated carbocycles. The van der Waals surface area contributed by atoms with Gasteiger partial charge in [-0.1, -0.05) is 18.0 Å². The molecule has 0 atom stereocenters. The minimum atomic E-state index is -0.957. The normalized spacial score (nSPS) is 18.1. The van der Waals surface area contributed by atoms with Crippen molar-refractivity contribution < 1.29 is 14.8 Å². The second-order valence-electron chi connectivity index (χ2n) is 5.66. The van der Waals surface area contributed by atoms with Crippen LogP contribution in [0, 0.1) is 5.41 Å². The lowest BCUT2D eigenvalue weighted by Crippen LogP contribution is -2.51. The summed E-state index contributed by atoms with van der Waals surface area (Å²) in [7, 11) is 1.56. The lowest BCUT2D eigenvalue weighted by Gasteiger charge is -2.31. The van der Waals surface area contributed by atoms with Crippen LogP contribution in [0.25, 0.3) is 0 Å². The Labute approximate surface area is 119 Å². The lowest BCUT2D eigenvalue weighted by atomic mass is 9.83. The number of rotatable bonds is 5. The first-order valence-corrected chi connectivity index (χ1v) is 6.86. The SMILES string of the molecule is CC(C)NC(=O)CN(C)C(=O)C1(C(N)=NO)CCCC1. The molecule has 1 aliphatic carbocycles. The lowest BCUT2D eigenvalue weighted by molar-refractivity contribution is -0.140. The fourth-order valence-electron chi connectivity index (χ4n) is 2.67. The fourth-order valence-corrected chi connectivity index (χ4v) is 2.67. The molecule has 1 rings (SSSR count). The molecule has 0 aromatic rings. The molecular weight excluding hydrogens is 260 g/mol. The Morgan fingerprint density at radius 2 is 1.95 bits per heavy atom. The smallest absolute Gasteiger partial charge is 0.239 e. The summed E-state index contributed by atoms with van der Waals surface area (Å²) in [6.07, 6.45) is 2.82. The maximum Gasteiger partial charge on any atom is 0.239 e. The monoisotopic (exact) mass is 284 g/mol. The van der Waals surface area contributed by atoms with Crippen molar-refractivity contribution in [3.8, 4) is 0 Å². The Bertz CT molecular complexity index is 400. The number of likely N-dealkylation sites (N-methyl/N-ethyl adjacent to an activating group) is 1. The van der Waals surface area contributed by atoms with Crippen molar-refractivity contribution in [2.24, 2.45) is 16.3 Å². The molecule has 0 radical (unpaired) electrons. The van der Waals surface area contributed by atoms with Gasteiger partial charge in [-0.25, -0.2) is 0 Å². The van der Waals surface area contributed by atoms with Crippen molar-refractivity contribution in [2.75, 3.05) is 13.6 Å². The van der Waals surface area contributed by atoms with Gasteiger partial charge in [-0.3, -0.25) is 9.59 Å². The number of amides is 2. The third-order valence-electron chi connectivity index (χ3n) is 3.64. The molecule has 114 valence electrons. The van der Waals surface area contributed by atoms with Crippen molar-refractivity contribution in [1.82, 2.24) is 10.2 Å². The van der Waals surface area contributed by atoms with E-state index < -0.39 is 5.41 Å². The summed E-state index contributed by atoms with van der Waals surface area (Å²) in [4.78, 5) is 25.6. The first-order chi connectivity index (χ1) is 9.33. The summed E-state index contributed by atoms with van der Waals surface area (Å²) in [5, 5.41) is 14.7. The van der Waals surface area contributed by atoms with E-state index in [-0.39, 0.29) is 30.2 Å². The number of nitrogens with zero attached hydrogens (tertiary/aromatic N) is 2. The average molecular weight is 284 g/mol. The number of amidine groups is 1. The number of carbonyl (C=O) groups excluding carboxylic acids is 2. The highest BCUT2D eigenvalue weighted by atomic mass is 16.4. The van der Waals surface area contributed by atoms with Gasteiger partial charge in [0.2, 0.25) is 11.8 Å². The summed E-state index contributed by atoms with van der Waals surface area (Å²) in [5.41, 5.74) is 4.76. The number of nitrogens with two attached hydrogens (primary N) is 1. The molecule has 4 N–H and O–H groups in total. The summed E-state index contributed by atoms with van der Waals surface area (Å²) in [6, 6.07) is 0.0236. The number of hydrogen-bond acceptors (Lipinski definition) is 4. The van der Waals surface area contributed by atoms with Crippen LogP contribution in [-0.2, 0) is 9.59 Å². The fraction of sp³-hybridized carbons (Fsp3) is 0.769. The molecule has 0 aromatic heterocycles. The summed E-state index contributed by atoms with van der Waals surface area (Å²) in [5.74, 6) is -0.538. The van der Waals surface area contributed by atoms with Crippen LogP contribution >= 0.6 is 0 Å². The van der Waals surface area contributed by atoms with Crippen LogP contribution in [-0.4, -0.2) is 47.4 Å². The van der Waals surface area contributed by atoms with E-state index in [0.717, 1.165) is 12.8 Å². The minimum Gasteiger partial charge on any atom is -0.409 e. The molecule has 0 aromatic carbocycles. The van der Waals surface area contributed by atoms with Gasteiger partial charge in [-0.05, 0) is 26.7 Å². The first-order valence-electron chi connectivity index (χ1n) is 6.86. The van der Waals surface area contributed by atoms with E-state index in [4.69, 9.17) is 10.9 Å². The van der Waals surface area contributed by atoms with Gasteiger partial charge in [-0.2, -0.15) is 0 Å². The van der Waals surface area contributed by atoms with Crippen LogP contribution in [0.3, 0.4) is 0 Å². The molecule has 7 nitrogen and oxygen atoms in total. The summed E-state index contributed by atoms with van der Waals surface area (Å²) in [6.45, 7) is 3.68. The predicted molar refractivity (Wildman–Crippen MR) is 75.2 cm³/mol.